The van der Waals surface area contributed by atoms with Crippen LogP contribution in [0.25, 0.3) is 54.5 Å². The van der Waals surface area contributed by atoms with Gasteiger partial charge in [-0.2, -0.15) is 8.42 Å². The van der Waals surface area contributed by atoms with Gasteiger partial charge in [-0.25, -0.2) is 9.18 Å². The minimum Gasteiger partial charge on any atom is -0.506 e. The molecule has 0 fully saturated rings. The highest BCUT2D eigenvalue weighted by atomic mass is 35.5. The number of hydrogen-bond acceptors (Lipinski definition) is 11. The van der Waals surface area contributed by atoms with Crippen LogP contribution >= 0.6 is 11.6 Å². The van der Waals surface area contributed by atoms with Crippen LogP contribution in [0.15, 0.2) is 163 Å². The molecule has 5 N–H and O–H groups in total. The Labute approximate surface area is 370 Å². The summed E-state index contributed by atoms with van der Waals surface area (Å²) in [4.78, 5) is 30.6. The van der Waals surface area contributed by atoms with Crippen molar-refractivity contribution >= 4 is 82.2 Å². The molecule has 0 aliphatic rings. The van der Waals surface area contributed by atoms with Gasteiger partial charge in [0.15, 0.2) is 0 Å². The van der Waals surface area contributed by atoms with Gasteiger partial charge in [0.25, 0.3) is 10.1 Å². The number of carboxylic acids is 1. The molecular weight excluding hydrogens is 861 g/mol. The lowest BCUT2D eigenvalue weighted by atomic mass is 10.1. The molecule has 0 radical (unpaired) electrons. The molecule has 0 atom stereocenters. The minimum absolute atomic E-state index is 0.00648. The number of carboxylic acid groups (broad SMARTS) is 1. The van der Waals surface area contributed by atoms with E-state index in [0.29, 0.717) is 43.6 Å². The van der Waals surface area contributed by atoms with Crippen LogP contribution in [0.3, 0.4) is 0 Å². The van der Waals surface area contributed by atoms with Gasteiger partial charge in [0.1, 0.15) is 44.5 Å². The molecule has 0 bridgehead atoms. The van der Waals surface area contributed by atoms with Crippen molar-refractivity contribution in [2.24, 2.45) is 0 Å². The second-order valence-electron chi connectivity index (χ2n) is 13.7. The molecule has 0 aliphatic carbocycles. The van der Waals surface area contributed by atoms with Crippen molar-refractivity contribution in [2.75, 3.05) is 0 Å². The van der Waals surface area contributed by atoms with Crippen molar-refractivity contribution in [1.29, 1.82) is 0 Å². The van der Waals surface area contributed by atoms with Gasteiger partial charge in [-0.3, -0.25) is 29.5 Å². The van der Waals surface area contributed by atoms with Crippen molar-refractivity contribution < 1.29 is 42.6 Å². The maximum atomic E-state index is 13.0. The number of para-hydroxylation sites is 2. The third-order valence-electron chi connectivity index (χ3n) is 9.39. The lowest BCUT2D eigenvalue weighted by Crippen LogP contribution is -1.99. The fraction of sp³-hybridized carbons (Fsp3) is 0.0417. The topological polar surface area (TPSA) is 217 Å². The number of fused-ring (bicyclic) bond motifs is 5. The monoisotopic (exact) mass is 897 g/mol. The Hall–Kier alpha value is -7.85. The number of nitrogens with zero attached hydrogens (tertiary/aromatic N) is 5. The van der Waals surface area contributed by atoms with Crippen LogP contribution in [0.5, 0.6) is 17.2 Å². The first-order valence-electron chi connectivity index (χ1n) is 19.0. The number of phenolic OH excluding ortho intramolecular Hbond substituents is 3. The highest BCUT2D eigenvalue weighted by Gasteiger charge is 2.14. The van der Waals surface area contributed by atoms with Gasteiger partial charge >= 0.3 is 5.97 Å². The third-order valence-corrected chi connectivity index (χ3v) is 10.6. The SMILES string of the molecule is Cc1cc(C)c2cccnc2c1O.O=C(O)c1cccc2cccnc12.O=S(=O)(O)c1cccc2cccnc12.Oc1ccc(Cl)c2cccnc12.Oc1ccc(F)c2cccnc12. The van der Waals surface area contributed by atoms with Crippen molar-refractivity contribution in [2.45, 2.75) is 18.7 Å². The number of aryl methyl sites for hydroxylation is 2. The Balaban J connectivity index is 0.000000133. The van der Waals surface area contributed by atoms with Gasteiger partial charge in [-0.05, 0) is 104 Å². The Morgan fingerprint density at radius 2 is 1.02 bits per heavy atom. The second kappa shape index (κ2) is 20.3. The number of rotatable bonds is 2. The smallest absolute Gasteiger partial charge is 0.337 e. The number of aromatic nitrogens is 5. The summed E-state index contributed by atoms with van der Waals surface area (Å²) in [5.74, 6) is -0.844. The van der Waals surface area contributed by atoms with E-state index in [4.69, 9.17) is 21.3 Å². The molecule has 0 unspecified atom stereocenters. The fourth-order valence-corrected chi connectivity index (χ4v) is 7.26. The first kappa shape index (κ1) is 45.7. The second-order valence-corrected chi connectivity index (χ2v) is 15.5. The molecule has 0 saturated heterocycles. The highest BCUT2D eigenvalue weighted by molar-refractivity contribution is 7.86. The summed E-state index contributed by atoms with van der Waals surface area (Å²) in [5.41, 5.74) is 4.65. The van der Waals surface area contributed by atoms with Crippen LogP contribution in [0.1, 0.15) is 21.5 Å². The molecule has 10 aromatic rings. The van der Waals surface area contributed by atoms with Crippen molar-refractivity contribution in [1.82, 2.24) is 24.9 Å². The number of hydrogen-bond donors (Lipinski definition) is 5. The molecular formula is C48H37ClFN5O8S. The van der Waals surface area contributed by atoms with E-state index in [1.807, 2.05) is 50.2 Å². The Morgan fingerprint density at radius 1 is 0.547 bits per heavy atom. The molecule has 13 nitrogen and oxygen atoms in total. The number of halogens is 2. The van der Waals surface area contributed by atoms with Crippen LogP contribution in [0.2, 0.25) is 5.02 Å². The predicted molar refractivity (Wildman–Crippen MR) is 245 cm³/mol. The van der Waals surface area contributed by atoms with E-state index in [-0.39, 0.29) is 33.3 Å². The number of aromatic carboxylic acids is 1. The zero-order chi connectivity index (χ0) is 46.0. The molecule has 0 amide bonds. The van der Waals surface area contributed by atoms with E-state index < -0.39 is 16.1 Å². The number of pyridine rings is 5. The molecule has 5 aromatic heterocycles. The van der Waals surface area contributed by atoms with Gasteiger partial charge < -0.3 is 20.4 Å². The van der Waals surface area contributed by atoms with E-state index in [9.17, 15) is 32.9 Å². The first-order chi connectivity index (χ1) is 30.6. The van der Waals surface area contributed by atoms with Gasteiger partial charge in [0.05, 0.1) is 21.6 Å². The molecule has 0 saturated carbocycles. The Morgan fingerprint density at radius 3 is 1.59 bits per heavy atom. The summed E-state index contributed by atoms with van der Waals surface area (Å²) < 4.78 is 43.9. The average Bonchev–Trinajstić information content (AvgIpc) is 3.31. The first-order valence-corrected chi connectivity index (χ1v) is 20.8. The highest BCUT2D eigenvalue weighted by Crippen LogP contribution is 2.30. The van der Waals surface area contributed by atoms with Gasteiger partial charge in [-0.1, -0.05) is 60.1 Å². The van der Waals surface area contributed by atoms with Crippen LogP contribution in [-0.4, -0.2) is 64.3 Å². The molecule has 10 rings (SSSR count). The molecule has 0 spiro atoms. The quantitative estimate of drug-likeness (QED) is 0.102. The summed E-state index contributed by atoms with van der Waals surface area (Å²) >= 11 is 5.88. The van der Waals surface area contributed by atoms with Crippen LogP contribution in [-0.2, 0) is 10.1 Å². The Bertz CT molecular complexity index is 3240. The summed E-state index contributed by atoms with van der Waals surface area (Å²) in [5, 5.41) is 41.5. The van der Waals surface area contributed by atoms with E-state index in [2.05, 4.69) is 24.9 Å². The maximum Gasteiger partial charge on any atom is 0.337 e. The summed E-state index contributed by atoms with van der Waals surface area (Å²) in [6.07, 6.45) is 7.91. The van der Waals surface area contributed by atoms with Crippen molar-refractivity contribution in [3.05, 3.63) is 186 Å². The van der Waals surface area contributed by atoms with E-state index in [0.717, 1.165) is 27.3 Å². The molecule has 16 heteroatoms. The number of phenols is 3. The van der Waals surface area contributed by atoms with Crippen molar-refractivity contribution in [3.63, 3.8) is 0 Å². The van der Waals surface area contributed by atoms with Crippen molar-refractivity contribution in [3.8, 4) is 17.2 Å². The van der Waals surface area contributed by atoms with E-state index >= 15 is 0 Å². The van der Waals surface area contributed by atoms with Gasteiger partial charge in [-0.15, -0.1) is 0 Å². The number of carbonyl (C=O) groups is 1. The molecule has 64 heavy (non-hydrogen) atoms. The zero-order valence-corrected chi connectivity index (χ0v) is 35.4. The minimum atomic E-state index is -4.19. The van der Waals surface area contributed by atoms with Crippen LogP contribution in [0.4, 0.5) is 4.39 Å². The third kappa shape index (κ3) is 10.8. The summed E-state index contributed by atoms with van der Waals surface area (Å²) in [6, 6.07) is 35.1. The number of benzene rings is 5. The van der Waals surface area contributed by atoms with Gasteiger partial charge in [0.2, 0.25) is 0 Å². The molecule has 0 aliphatic heterocycles. The zero-order valence-electron chi connectivity index (χ0n) is 33.9. The normalized spacial score (nSPS) is 10.7. The summed E-state index contributed by atoms with van der Waals surface area (Å²) in [7, 11) is -4.19. The fourth-order valence-electron chi connectivity index (χ4n) is 6.38. The summed E-state index contributed by atoms with van der Waals surface area (Å²) in [6.45, 7) is 3.91. The van der Waals surface area contributed by atoms with Crippen LogP contribution in [0, 0.1) is 19.7 Å². The predicted octanol–water partition coefficient (Wildman–Crippen LogP) is 10.6. The lowest BCUT2D eigenvalue weighted by Gasteiger charge is -2.05. The van der Waals surface area contributed by atoms with Crippen LogP contribution < -0.4 is 0 Å². The molecule has 322 valence electrons. The largest absolute Gasteiger partial charge is 0.506 e. The Kier molecular flexibility index (Phi) is 14.5. The molecule has 5 heterocycles. The average molecular weight is 898 g/mol. The van der Waals surface area contributed by atoms with Gasteiger partial charge in [0, 0.05) is 57.9 Å². The molecule has 5 aromatic carbocycles. The number of aromatic hydroxyl groups is 3. The van der Waals surface area contributed by atoms with E-state index in [1.54, 1.807) is 85.3 Å². The maximum absolute atomic E-state index is 13.0. The lowest BCUT2D eigenvalue weighted by molar-refractivity contribution is 0.0698. The van der Waals surface area contributed by atoms with E-state index in [1.165, 1.54) is 36.7 Å². The standard InChI is InChI=1S/C11H11NO.C10H7NO2.C9H6ClNO.C9H6FNO.C9H7NO3S/c1-7-6-8(2)11(13)10-9(7)4-3-5-12-10;12-10(13)8-5-1-3-7-4-2-6-11-9(7)8;2*10-7-3-4-8(12)9-6(7)2-1-5-11-9;11-14(12,13)8-5-1-3-7-4-2-6-10-9(7)8/h3-6,13H,1-2H3;1-6H,(H,12,13);2*1-5,12H;1-6H,(H,11,12,13).